The van der Waals surface area contributed by atoms with Crippen molar-refractivity contribution in [3.05, 3.63) is 23.3 Å². The average molecular weight is 240 g/mol. The molecule has 0 aliphatic carbocycles. The molecule has 0 aliphatic rings. The summed E-state index contributed by atoms with van der Waals surface area (Å²) in [4.78, 5) is 0. The van der Waals surface area contributed by atoms with Gasteiger partial charge in [0.25, 0.3) is 0 Å². The van der Waals surface area contributed by atoms with Gasteiger partial charge in [-0.25, -0.2) is 0 Å². The zero-order valence-electron chi connectivity index (χ0n) is 10.7. The van der Waals surface area contributed by atoms with Crippen LogP contribution in [0, 0.1) is 0 Å². The van der Waals surface area contributed by atoms with Crippen LogP contribution in [0.25, 0.3) is 0 Å². The Labute approximate surface area is 102 Å². The van der Waals surface area contributed by atoms with E-state index in [1.54, 1.807) is 21.3 Å². The fourth-order valence-electron chi connectivity index (χ4n) is 1.83. The Balaban J connectivity index is 3.08. The minimum atomic E-state index is 0.172. The minimum absolute atomic E-state index is 0.172. The maximum absolute atomic E-state index is 8.86. The minimum Gasteiger partial charge on any atom is -0.493 e. The number of aliphatic hydroxyl groups is 1. The highest BCUT2D eigenvalue weighted by molar-refractivity contribution is 5.52. The predicted octanol–water partition coefficient (Wildman–Crippen LogP) is 1.78. The van der Waals surface area contributed by atoms with Crippen LogP contribution in [-0.4, -0.2) is 33.0 Å². The molecule has 96 valence electrons. The molecule has 0 spiro atoms. The Morgan fingerprint density at radius 2 is 1.59 bits per heavy atom. The van der Waals surface area contributed by atoms with Gasteiger partial charge in [0.15, 0.2) is 11.5 Å². The molecule has 0 bridgehead atoms. The van der Waals surface area contributed by atoms with E-state index in [1.807, 2.05) is 12.1 Å². The van der Waals surface area contributed by atoms with Crippen LogP contribution >= 0.6 is 0 Å². The monoisotopic (exact) mass is 240 g/mol. The van der Waals surface area contributed by atoms with E-state index in [9.17, 15) is 0 Å². The van der Waals surface area contributed by atoms with Crippen molar-refractivity contribution < 1.29 is 19.3 Å². The Morgan fingerprint density at radius 1 is 1.00 bits per heavy atom. The third-order valence-electron chi connectivity index (χ3n) is 2.59. The van der Waals surface area contributed by atoms with Crippen LogP contribution in [0.2, 0.25) is 0 Å². The van der Waals surface area contributed by atoms with Gasteiger partial charge in [-0.15, -0.1) is 0 Å². The highest BCUT2D eigenvalue weighted by Crippen LogP contribution is 2.35. The van der Waals surface area contributed by atoms with Crippen LogP contribution in [0.15, 0.2) is 12.1 Å². The first-order chi connectivity index (χ1) is 8.28. The van der Waals surface area contributed by atoms with Crippen molar-refractivity contribution in [1.82, 2.24) is 0 Å². The molecule has 0 heterocycles. The first kappa shape index (κ1) is 13.8. The molecule has 0 unspecified atom stereocenters. The molecule has 0 fully saturated rings. The average Bonchev–Trinajstić information content (AvgIpc) is 2.36. The SMILES string of the molecule is COCc1ccc(CCCO)c(OC)c1OC. The normalized spacial score (nSPS) is 10.4. The van der Waals surface area contributed by atoms with E-state index in [0.29, 0.717) is 18.8 Å². The van der Waals surface area contributed by atoms with Gasteiger partial charge in [-0.3, -0.25) is 0 Å². The Bertz CT molecular complexity index is 350. The smallest absolute Gasteiger partial charge is 0.166 e. The predicted molar refractivity (Wildman–Crippen MR) is 65.7 cm³/mol. The van der Waals surface area contributed by atoms with E-state index in [0.717, 1.165) is 23.3 Å². The van der Waals surface area contributed by atoms with Gasteiger partial charge in [0.05, 0.1) is 20.8 Å². The number of benzene rings is 1. The van der Waals surface area contributed by atoms with Crippen molar-refractivity contribution >= 4 is 0 Å². The molecule has 0 atom stereocenters. The van der Waals surface area contributed by atoms with E-state index in [4.69, 9.17) is 19.3 Å². The Morgan fingerprint density at radius 3 is 2.12 bits per heavy atom. The molecule has 0 amide bonds. The van der Waals surface area contributed by atoms with Crippen molar-refractivity contribution in [3.63, 3.8) is 0 Å². The molecule has 1 aromatic rings. The topological polar surface area (TPSA) is 47.9 Å². The van der Waals surface area contributed by atoms with Crippen LogP contribution in [0.4, 0.5) is 0 Å². The van der Waals surface area contributed by atoms with Crippen LogP contribution in [-0.2, 0) is 17.8 Å². The summed E-state index contributed by atoms with van der Waals surface area (Å²) in [6.07, 6.45) is 1.48. The molecule has 1 aromatic carbocycles. The standard InChI is InChI=1S/C13H20O4/c1-15-9-11-7-6-10(5-4-8-14)12(16-2)13(11)17-3/h6-7,14H,4-5,8-9H2,1-3H3. The van der Waals surface area contributed by atoms with Crippen LogP contribution in [0.1, 0.15) is 17.5 Å². The van der Waals surface area contributed by atoms with Crippen LogP contribution in [0.3, 0.4) is 0 Å². The van der Waals surface area contributed by atoms with Gasteiger partial charge in [0.2, 0.25) is 0 Å². The molecule has 1 rings (SSSR count). The number of hydrogen-bond acceptors (Lipinski definition) is 4. The number of aryl methyl sites for hydroxylation is 1. The second kappa shape index (κ2) is 7.14. The van der Waals surface area contributed by atoms with Gasteiger partial charge in [-0.2, -0.15) is 0 Å². The van der Waals surface area contributed by atoms with E-state index in [2.05, 4.69) is 0 Å². The Hall–Kier alpha value is -1.26. The van der Waals surface area contributed by atoms with Crippen LogP contribution in [0.5, 0.6) is 11.5 Å². The molecule has 0 saturated carbocycles. The van der Waals surface area contributed by atoms with Gasteiger partial charge < -0.3 is 19.3 Å². The molecule has 4 nitrogen and oxygen atoms in total. The quantitative estimate of drug-likeness (QED) is 0.789. The van der Waals surface area contributed by atoms with Crippen LogP contribution < -0.4 is 9.47 Å². The number of methoxy groups -OCH3 is 3. The van der Waals surface area contributed by atoms with E-state index < -0.39 is 0 Å². The summed E-state index contributed by atoms with van der Waals surface area (Å²) < 4.78 is 15.9. The zero-order valence-corrected chi connectivity index (χ0v) is 10.7. The molecule has 0 aliphatic heterocycles. The largest absolute Gasteiger partial charge is 0.493 e. The first-order valence-corrected chi connectivity index (χ1v) is 5.61. The lowest BCUT2D eigenvalue weighted by Crippen LogP contribution is -2.01. The zero-order chi connectivity index (χ0) is 12.7. The van der Waals surface area contributed by atoms with E-state index >= 15 is 0 Å². The van der Waals surface area contributed by atoms with Gasteiger partial charge in [-0.05, 0) is 18.4 Å². The van der Waals surface area contributed by atoms with Gasteiger partial charge in [-0.1, -0.05) is 12.1 Å². The number of aliphatic hydroxyl groups excluding tert-OH is 1. The molecule has 1 N–H and O–H groups in total. The summed E-state index contributed by atoms with van der Waals surface area (Å²) in [5.74, 6) is 1.44. The maximum Gasteiger partial charge on any atom is 0.166 e. The fourth-order valence-corrected chi connectivity index (χ4v) is 1.83. The third-order valence-corrected chi connectivity index (χ3v) is 2.59. The van der Waals surface area contributed by atoms with Gasteiger partial charge in [0, 0.05) is 19.3 Å². The molecule has 4 heteroatoms. The summed E-state index contributed by atoms with van der Waals surface area (Å²) in [6, 6.07) is 3.96. The lowest BCUT2D eigenvalue weighted by molar-refractivity contribution is 0.180. The summed E-state index contributed by atoms with van der Waals surface area (Å²) in [5.41, 5.74) is 2.00. The summed E-state index contributed by atoms with van der Waals surface area (Å²) in [5, 5.41) is 8.86. The summed E-state index contributed by atoms with van der Waals surface area (Å²) >= 11 is 0. The van der Waals surface area contributed by atoms with Crippen molar-refractivity contribution in [2.45, 2.75) is 19.4 Å². The van der Waals surface area contributed by atoms with Crippen molar-refractivity contribution in [1.29, 1.82) is 0 Å². The second-order valence-electron chi connectivity index (χ2n) is 3.71. The van der Waals surface area contributed by atoms with E-state index in [-0.39, 0.29) is 6.61 Å². The lowest BCUT2D eigenvalue weighted by Gasteiger charge is -2.16. The highest BCUT2D eigenvalue weighted by Gasteiger charge is 2.14. The van der Waals surface area contributed by atoms with Crippen molar-refractivity contribution in [2.75, 3.05) is 27.9 Å². The molecular formula is C13H20O4. The number of rotatable bonds is 7. The fraction of sp³-hybridized carbons (Fsp3) is 0.538. The van der Waals surface area contributed by atoms with Gasteiger partial charge >= 0.3 is 0 Å². The highest BCUT2D eigenvalue weighted by atomic mass is 16.5. The maximum atomic E-state index is 8.86. The second-order valence-corrected chi connectivity index (χ2v) is 3.71. The number of ether oxygens (including phenoxy) is 3. The van der Waals surface area contributed by atoms with E-state index in [1.165, 1.54) is 0 Å². The molecule has 0 saturated heterocycles. The summed E-state index contributed by atoms with van der Waals surface area (Å²) in [6.45, 7) is 0.658. The molecule has 17 heavy (non-hydrogen) atoms. The number of hydrogen-bond donors (Lipinski definition) is 1. The first-order valence-electron chi connectivity index (χ1n) is 5.61. The van der Waals surface area contributed by atoms with Crippen molar-refractivity contribution in [3.8, 4) is 11.5 Å². The van der Waals surface area contributed by atoms with Gasteiger partial charge in [0.1, 0.15) is 0 Å². The third kappa shape index (κ3) is 3.35. The molecule has 0 radical (unpaired) electrons. The summed E-state index contributed by atoms with van der Waals surface area (Å²) in [7, 11) is 4.88. The Kier molecular flexibility index (Phi) is 5.80. The molecular weight excluding hydrogens is 220 g/mol. The van der Waals surface area contributed by atoms with Crippen molar-refractivity contribution in [2.24, 2.45) is 0 Å². The molecule has 0 aromatic heterocycles. The lowest BCUT2D eigenvalue weighted by atomic mass is 10.0.